The van der Waals surface area contributed by atoms with Crippen molar-refractivity contribution in [1.82, 2.24) is 24.1 Å². The molecule has 4 heterocycles. The van der Waals surface area contributed by atoms with Crippen molar-refractivity contribution >= 4 is 97.9 Å². The summed E-state index contributed by atoms with van der Waals surface area (Å²) in [7, 11) is 0. The molecule has 0 spiro atoms. The van der Waals surface area contributed by atoms with Gasteiger partial charge < -0.3 is 13.6 Å². The molecule has 4 aromatic heterocycles. The molecule has 0 radical (unpaired) electrons. The lowest BCUT2D eigenvalue weighted by atomic mass is 10.0. The molecule has 0 unspecified atom stereocenters. The molecule has 15 rings (SSSR count). The van der Waals surface area contributed by atoms with Crippen LogP contribution < -0.4 is 0 Å². The summed E-state index contributed by atoms with van der Waals surface area (Å²) in [6.45, 7) is 0. The topological polar surface area (TPSA) is 61.7 Å². The van der Waals surface area contributed by atoms with Crippen LogP contribution in [0.1, 0.15) is 0 Å². The average molecular weight is 880 g/mol. The third-order valence-corrected chi connectivity index (χ3v) is 14.1. The van der Waals surface area contributed by atoms with E-state index in [2.05, 4.69) is 234 Å². The van der Waals surface area contributed by atoms with Crippen LogP contribution in [0.5, 0.6) is 0 Å². The van der Waals surface area contributed by atoms with Crippen LogP contribution in [-0.2, 0) is 0 Å². The predicted octanol–water partition coefficient (Wildman–Crippen LogP) is 16.4. The lowest BCUT2D eigenvalue weighted by Crippen LogP contribution is -2.01. The van der Waals surface area contributed by atoms with Crippen LogP contribution in [-0.4, -0.2) is 24.1 Å². The lowest BCUT2D eigenvalue weighted by Gasteiger charge is -2.13. The molecule has 0 aliphatic rings. The molecule has 0 aliphatic heterocycles. The third-order valence-electron chi connectivity index (χ3n) is 14.1. The zero-order chi connectivity index (χ0) is 45.2. The first-order chi connectivity index (χ1) is 34.2. The van der Waals surface area contributed by atoms with Crippen molar-refractivity contribution < 1.29 is 4.42 Å². The third kappa shape index (κ3) is 5.69. The van der Waals surface area contributed by atoms with Crippen LogP contribution >= 0.6 is 0 Å². The number of hydrogen-bond acceptors (Lipinski definition) is 4. The highest BCUT2D eigenvalue weighted by atomic mass is 16.3. The van der Waals surface area contributed by atoms with E-state index in [9.17, 15) is 0 Å². The Kier molecular flexibility index (Phi) is 7.97. The van der Waals surface area contributed by atoms with Crippen molar-refractivity contribution in [2.45, 2.75) is 0 Å². The van der Waals surface area contributed by atoms with Gasteiger partial charge in [-0.05, 0) is 81.5 Å². The fourth-order valence-electron chi connectivity index (χ4n) is 11.0. The molecule has 0 bridgehead atoms. The maximum Gasteiger partial charge on any atom is 0.167 e. The quantitative estimate of drug-likeness (QED) is 0.173. The summed E-state index contributed by atoms with van der Waals surface area (Å²) in [5.74, 6) is 1.70. The minimum Gasteiger partial charge on any atom is -0.455 e. The van der Waals surface area contributed by atoms with Gasteiger partial charge in [0.2, 0.25) is 0 Å². The van der Waals surface area contributed by atoms with E-state index < -0.39 is 0 Å². The minimum absolute atomic E-state index is 0.537. The summed E-state index contributed by atoms with van der Waals surface area (Å²) in [6, 6.07) is 79.7. The van der Waals surface area contributed by atoms with Gasteiger partial charge in [0.25, 0.3) is 0 Å². The Morgan fingerprint density at radius 2 is 0.870 bits per heavy atom. The summed E-state index contributed by atoms with van der Waals surface area (Å²) >= 11 is 0. The monoisotopic (exact) mass is 879 g/mol. The summed E-state index contributed by atoms with van der Waals surface area (Å²) < 4.78 is 11.9. The van der Waals surface area contributed by atoms with Crippen molar-refractivity contribution in [3.63, 3.8) is 0 Å². The molecule has 0 atom stereocenters. The fourth-order valence-corrected chi connectivity index (χ4v) is 11.0. The van der Waals surface area contributed by atoms with Crippen molar-refractivity contribution in [2.75, 3.05) is 0 Å². The first-order valence-corrected chi connectivity index (χ1v) is 23.3. The molecule has 6 heteroatoms. The van der Waals surface area contributed by atoms with Gasteiger partial charge in [-0.25, -0.2) is 15.0 Å². The zero-order valence-corrected chi connectivity index (χ0v) is 37.0. The number of para-hydroxylation sites is 4. The number of aromatic nitrogens is 5. The van der Waals surface area contributed by atoms with Crippen LogP contribution in [0, 0.1) is 0 Å². The van der Waals surface area contributed by atoms with Crippen LogP contribution in [0.25, 0.3) is 143 Å². The molecule has 6 nitrogen and oxygen atoms in total. The maximum absolute atomic E-state index is 7.17. The van der Waals surface area contributed by atoms with E-state index in [0.29, 0.717) is 17.5 Å². The van der Waals surface area contributed by atoms with Crippen LogP contribution in [0.4, 0.5) is 0 Å². The Morgan fingerprint density at radius 1 is 0.319 bits per heavy atom. The number of rotatable bonds is 5. The largest absolute Gasteiger partial charge is 0.455 e. The van der Waals surface area contributed by atoms with Crippen molar-refractivity contribution in [2.24, 2.45) is 0 Å². The van der Waals surface area contributed by atoms with E-state index >= 15 is 0 Å². The molecular weight excluding hydrogens is 843 g/mol. The molecule has 0 amide bonds. The minimum atomic E-state index is 0.537. The number of benzene rings is 11. The van der Waals surface area contributed by atoms with Gasteiger partial charge in [-0.15, -0.1) is 0 Å². The number of nitrogens with zero attached hydrogens (tertiary/aromatic N) is 5. The Hall–Kier alpha value is -9.39. The first-order valence-electron chi connectivity index (χ1n) is 23.3. The number of hydrogen-bond donors (Lipinski definition) is 0. The highest BCUT2D eigenvalue weighted by Gasteiger charge is 2.23. The van der Waals surface area contributed by atoms with Gasteiger partial charge in [-0.2, -0.15) is 0 Å². The second-order valence-electron chi connectivity index (χ2n) is 18.0. The van der Waals surface area contributed by atoms with Crippen molar-refractivity contribution in [1.29, 1.82) is 0 Å². The van der Waals surface area contributed by atoms with E-state index in [4.69, 9.17) is 19.4 Å². The van der Waals surface area contributed by atoms with Crippen molar-refractivity contribution in [3.8, 4) is 45.5 Å². The summed E-state index contributed by atoms with van der Waals surface area (Å²) in [5.41, 5.74) is 10.8. The molecular formula is C63H37N5O. The SMILES string of the molecule is c1ccc(-n2c3ccccc3c3ccc(-c4nc(-c5ccc6ccccc6c5)nc(-c5cccc6c5oc5cc(-n7c8ccccc8c8cc9ccccc9cc87)c7ccccc7c56)n4)cc32)cc1. The summed E-state index contributed by atoms with van der Waals surface area (Å²) in [4.78, 5) is 16.0. The van der Waals surface area contributed by atoms with Gasteiger partial charge >= 0.3 is 0 Å². The Morgan fingerprint density at radius 3 is 1.65 bits per heavy atom. The van der Waals surface area contributed by atoms with Gasteiger partial charge in [0.1, 0.15) is 11.2 Å². The smallest absolute Gasteiger partial charge is 0.167 e. The molecule has 0 fully saturated rings. The normalized spacial score (nSPS) is 12.1. The molecule has 69 heavy (non-hydrogen) atoms. The molecule has 0 saturated heterocycles. The first kappa shape index (κ1) is 37.8. The second-order valence-corrected chi connectivity index (χ2v) is 18.0. The molecule has 15 aromatic rings. The van der Waals surface area contributed by atoms with Gasteiger partial charge in [-0.3, -0.25) is 0 Å². The van der Waals surface area contributed by atoms with E-state index in [1.54, 1.807) is 0 Å². The number of fused-ring (bicyclic) bond motifs is 13. The van der Waals surface area contributed by atoms with Gasteiger partial charge in [0.05, 0.1) is 33.3 Å². The number of furan rings is 1. The van der Waals surface area contributed by atoms with Crippen LogP contribution in [0.15, 0.2) is 229 Å². The second kappa shape index (κ2) is 14.6. The molecule has 0 N–H and O–H groups in total. The highest BCUT2D eigenvalue weighted by molar-refractivity contribution is 6.23. The van der Waals surface area contributed by atoms with Gasteiger partial charge in [0.15, 0.2) is 17.5 Å². The van der Waals surface area contributed by atoms with Crippen LogP contribution in [0.2, 0.25) is 0 Å². The average Bonchev–Trinajstić information content (AvgIpc) is 4.07. The highest BCUT2D eigenvalue weighted by Crippen LogP contribution is 2.44. The summed E-state index contributed by atoms with van der Waals surface area (Å²) in [5, 5.41) is 13.8. The van der Waals surface area contributed by atoms with Crippen molar-refractivity contribution in [3.05, 3.63) is 224 Å². The Bertz CT molecular complexity index is 4620. The predicted molar refractivity (Wildman–Crippen MR) is 285 cm³/mol. The maximum atomic E-state index is 7.17. The van der Waals surface area contributed by atoms with Gasteiger partial charge in [0, 0.05) is 60.6 Å². The molecule has 320 valence electrons. The lowest BCUT2D eigenvalue weighted by molar-refractivity contribution is 0.669. The molecule has 0 saturated carbocycles. The zero-order valence-electron chi connectivity index (χ0n) is 37.0. The van der Waals surface area contributed by atoms with Gasteiger partial charge in [-0.1, -0.05) is 164 Å². The standard InChI is InChI=1S/C63H37N5O/c1-2-19-44(20-3-1)67-53-27-12-10-21-45(53)48-32-31-43(36-55(48)67)62-64-61(42-30-29-38-15-4-5-16-39(38)33-42)65-63(66-62)51-26-14-25-50-59-49-24-9-8-22-46(49)57(37-58(59)69-60(50)51)68-54-28-13-11-23-47(54)52-34-40-17-6-7-18-41(40)35-56(52)68/h1-37H. The Balaban J connectivity index is 0.977. The van der Waals surface area contributed by atoms with E-state index in [-0.39, 0.29) is 0 Å². The fraction of sp³-hybridized carbons (Fsp3) is 0. The summed E-state index contributed by atoms with van der Waals surface area (Å²) in [6.07, 6.45) is 0. The van der Waals surface area contributed by atoms with Crippen LogP contribution in [0.3, 0.4) is 0 Å². The van der Waals surface area contributed by atoms with E-state index in [1.165, 1.54) is 26.9 Å². The van der Waals surface area contributed by atoms with E-state index in [1.807, 2.05) is 0 Å². The van der Waals surface area contributed by atoms with E-state index in [0.717, 1.165) is 99.0 Å². The Labute approximate surface area is 394 Å². The molecule has 0 aliphatic carbocycles. The molecule has 11 aromatic carbocycles.